The number of halogens is 4. The SMILES string of the molecule is Cc1nc(CCOCC(F)(F)F)nc(N)c1I. The molecule has 0 aliphatic carbocycles. The molecule has 17 heavy (non-hydrogen) atoms. The number of rotatable bonds is 4. The zero-order valence-electron chi connectivity index (χ0n) is 9.01. The van der Waals surface area contributed by atoms with Gasteiger partial charge in [-0.15, -0.1) is 0 Å². The van der Waals surface area contributed by atoms with Gasteiger partial charge in [-0.25, -0.2) is 9.97 Å². The van der Waals surface area contributed by atoms with Gasteiger partial charge in [0.15, 0.2) is 0 Å². The number of anilines is 1. The minimum Gasteiger partial charge on any atom is -0.383 e. The van der Waals surface area contributed by atoms with E-state index < -0.39 is 12.8 Å². The van der Waals surface area contributed by atoms with Gasteiger partial charge >= 0.3 is 6.18 Å². The van der Waals surface area contributed by atoms with Crippen molar-refractivity contribution in [1.82, 2.24) is 9.97 Å². The van der Waals surface area contributed by atoms with Crippen LogP contribution in [0, 0.1) is 10.5 Å². The zero-order chi connectivity index (χ0) is 13.1. The van der Waals surface area contributed by atoms with Crippen LogP contribution in [0.2, 0.25) is 0 Å². The summed E-state index contributed by atoms with van der Waals surface area (Å²) in [5, 5.41) is 0. The Balaban J connectivity index is 2.48. The van der Waals surface area contributed by atoms with Crippen LogP contribution in [-0.2, 0) is 11.2 Å². The lowest BCUT2D eigenvalue weighted by Crippen LogP contribution is -2.18. The average molecular weight is 361 g/mol. The summed E-state index contributed by atoms with van der Waals surface area (Å²) in [6.45, 7) is 0.421. The van der Waals surface area contributed by atoms with Gasteiger partial charge in [-0.1, -0.05) is 0 Å². The third-order valence-electron chi connectivity index (χ3n) is 1.82. The van der Waals surface area contributed by atoms with Crippen molar-refractivity contribution >= 4 is 28.4 Å². The van der Waals surface area contributed by atoms with Crippen molar-refractivity contribution in [3.8, 4) is 0 Å². The fourth-order valence-corrected chi connectivity index (χ4v) is 1.35. The van der Waals surface area contributed by atoms with Crippen LogP contribution in [0.15, 0.2) is 0 Å². The number of hydrogen-bond acceptors (Lipinski definition) is 4. The molecule has 0 aliphatic heterocycles. The van der Waals surface area contributed by atoms with Gasteiger partial charge in [0.2, 0.25) is 0 Å². The van der Waals surface area contributed by atoms with Gasteiger partial charge in [-0.2, -0.15) is 13.2 Å². The number of nitrogen functional groups attached to an aromatic ring is 1. The Morgan fingerprint density at radius 2 is 2.00 bits per heavy atom. The summed E-state index contributed by atoms with van der Waals surface area (Å²) in [5.74, 6) is 0.728. The van der Waals surface area contributed by atoms with E-state index in [4.69, 9.17) is 5.73 Å². The Morgan fingerprint density at radius 3 is 2.53 bits per heavy atom. The van der Waals surface area contributed by atoms with Crippen molar-refractivity contribution in [2.45, 2.75) is 19.5 Å². The summed E-state index contributed by atoms with van der Waals surface area (Å²) >= 11 is 2.01. The second-order valence-electron chi connectivity index (χ2n) is 3.34. The summed E-state index contributed by atoms with van der Waals surface area (Å²) in [5.41, 5.74) is 6.33. The minimum atomic E-state index is -4.30. The number of ether oxygens (including phenoxy) is 1. The van der Waals surface area contributed by atoms with E-state index in [1.807, 2.05) is 22.6 Å². The summed E-state index contributed by atoms with van der Waals surface area (Å²) in [7, 11) is 0. The standard InChI is InChI=1S/C9H11F3IN3O/c1-5-7(13)8(14)16-6(15-5)2-3-17-4-9(10,11)12/h2-4H2,1H3,(H2,14,15,16). The summed E-state index contributed by atoms with van der Waals surface area (Å²) in [4.78, 5) is 8.07. The third kappa shape index (κ3) is 5.02. The van der Waals surface area contributed by atoms with Gasteiger partial charge in [-0.05, 0) is 29.5 Å². The van der Waals surface area contributed by atoms with E-state index in [1.165, 1.54) is 0 Å². The molecule has 0 atom stereocenters. The molecule has 4 nitrogen and oxygen atoms in total. The molecule has 2 N–H and O–H groups in total. The average Bonchev–Trinajstić information content (AvgIpc) is 2.19. The molecule has 0 radical (unpaired) electrons. The second kappa shape index (κ2) is 5.80. The summed E-state index contributed by atoms with van der Waals surface area (Å²) in [6.07, 6.45) is -4.10. The topological polar surface area (TPSA) is 61.0 Å². The first kappa shape index (κ1) is 14.4. The fraction of sp³-hybridized carbons (Fsp3) is 0.556. The number of alkyl halides is 3. The highest BCUT2D eigenvalue weighted by molar-refractivity contribution is 14.1. The van der Waals surface area contributed by atoms with Gasteiger partial charge in [0.05, 0.1) is 15.9 Å². The molecule has 0 fully saturated rings. The van der Waals surface area contributed by atoms with Crippen molar-refractivity contribution in [3.05, 3.63) is 15.1 Å². The highest BCUT2D eigenvalue weighted by atomic mass is 127. The number of hydrogen-bond donors (Lipinski definition) is 1. The van der Waals surface area contributed by atoms with Gasteiger partial charge in [0, 0.05) is 6.42 Å². The predicted molar refractivity (Wildman–Crippen MR) is 64.5 cm³/mol. The minimum absolute atomic E-state index is 0.0843. The number of aryl methyl sites for hydroxylation is 1. The molecule has 1 aromatic heterocycles. The molecular formula is C9H11F3IN3O. The van der Waals surface area contributed by atoms with Crippen molar-refractivity contribution in [2.24, 2.45) is 0 Å². The maximum absolute atomic E-state index is 11.8. The van der Waals surface area contributed by atoms with Crippen LogP contribution in [0.4, 0.5) is 19.0 Å². The molecule has 96 valence electrons. The maximum Gasteiger partial charge on any atom is 0.411 e. The second-order valence-corrected chi connectivity index (χ2v) is 4.42. The van der Waals surface area contributed by atoms with E-state index in [1.54, 1.807) is 6.92 Å². The summed E-state index contributed by atoms with van der Waals surface area (Å²) in [6, 6.07) is 0. The van der Waals surface area contributed by atoms with E-state index in [-0.39, 0.29) is 13.0 Å². The first-order valence-electron chi connectivity index (χ1n) is 4.72. The van der Waals surface area contributed by atoms with Gasteiger partial charge in [-0.3, -0.25) is 0 Å². The molecule has 0 saturated carbocycles. The Hall–Kier alpha value is -0.640. The van der Waals surface area contributed by atoms with Crippen LogP contribution in [0.25, 0.3) is 0 Å². The molecule has 8 heteroatoms. The predicted octanol–water partition coefficient (Wildman–Crippen LogP) is 2.09. The van der Waals surface area contributed by atoms with Crippen LogP contribution in [0.1, 0.15) is 11.5 Å². The van der Waals surface area contributed by atoms with Gasteiger partial charge in [0.1, 0.15) is 18.2 Å². The lowest BCUT2D eigenvalue weighted by molar-refractivity contribution is -0.173. The molecule has 0 aromatic carbocycles. The molecule has 1 heterocycles. The van der Waals surface area contributed by atoms with Gasteiger partial charge < -0.3 is 10.5 Å². The van der Waals surface area contributed by atoms with Crippen LogP contribution in [-0.4, -0.2) is 29.4 Å². The molecule has 0 aliphatic rings. The lowest BCUT2D eigenvalue weighted by atomic mass is 10.3. The molecule has 0 amide bonds. The van der Waals surface area contributed by atoms with Crippen LogP contribution in [0.3, 0.4) is 0 Å². The number of nitrogens with two attached hydrogens (primary N) is 1. The number of nitrogens with zero attached hydrogens (tertiary/aromatic N) is 2. The Bertz CT molecular complexity index is 375. The Morgan fingerprint density at radius 1 is 1.35 bits per heavy atom. The normalized spacial score (nSPS) is 11.8. The molecule has 0 bridgehead atoms. The van der Waals surface area contributed by atoms with E-state index in [0.29, 0.717) is 17.3 Å². The van der Waals surface area contributed by atoms with E-state index in [2.05, 4.69) is 14.7 Å². The van der Waals surface area contributed by atoms with Crippen LogP contribution in [0.5, 0.6) is 0 Å². The molecule has 0 unspecified atom stereocenters. The van der Waals surface area contributed by atoms with Crippen LogP contribution >= 0.6 is 22.6 Å². The van der Waals surface area contributed by atoms with E-state index in [9.17, 15) is 13.2 Å². The highest BCUT2D eigenvalue weighted by Gasteiger charge is 2.27. The molecular weight excluding hydrogens is 350 g/mol. The quantitative estimate of drug-likeness (QED) is 0.659. The third-order valence-corrected chi connectivity index (χ3v) is 3.16. The maximum atomic E-state index is 11.8. The molecule has 1 aromatic rings. The van der Waals surface area contributed by atoms with E-state index >= 15 is 0 Å². The van der Waals surface area contributed by atoms with Crippen molar-refractivity contribution < 1.29 is 17.9 Å². The fourth-order valence-electron chi connectivity index (χ4n) is 1.10. The largest absolute Gasteiger partial charge is 0.411 e. The Kier molecular flexibility index (Phi) is 4.92. The zero-order valence-corrected chi connectivity index (χ0v) is 11.2. The lowest BCUT2D eigenvalue weighted by Gasteiger charge is -2.08. The smallest absolute Gasteiger partial charge is 0.383 e. The highest BCUT2D eigenvalue weighted by Crippen LogP contribution is 2.16. The summed E-state index contributed by atoms with van der Waals surface area (Å²) < 4.78 is 40.6. The van der Waals surface area contributed by atoms with Crippen molar-refractivity contribution in [2.75, 3.05) is 18.9 Å². The molecule has 0 saturated heterocycles. The number of aromatic nitrogens is 2. The monoisotopic (exact) mass is 361 g/mol. The first-order valence-corrected chi connectivity index (χ1v) is 5.80. The van der Waals surface area contributed by atoms with E-state index in [0.717, 1.165) is 3.57 Å². The molecule has 0 spiro atoms. The molecule has 1 rings (SSSR count). The van der Waals surface area contributed by atoms with Crippen molar-refractivity contribution in [1.29, 1.82) is 0 Å². The first-order chi connectivity index (χ1) is 7.79. The Labute approximate surface area is 110 Å². The van der Waals surface area contributed by atoms with Crippen molar-refractivity contribution in [3.63, 3.8) is 0 Å². The van der Waals surface area contributed by atoms with Crippen LogP contribution < -0.4 is 5.73 Å². The van der Waals surface area contributed by atoms with Gasteiger partial charge in [0.25, 0.3) is 0 Å².